The lowest BCUT2D eigenvalue weighted by Crippen LogP contribution is -2.50. The zero-order chi connectivity index (χ0) is 18.1. The summed E-state index contributed by atoms with van der Waals surface area (Å²) in [4.78, 5) is 13.1. The van der Waals surface area contributed by atoms with E-state index in [1.807, 2.05) is 0 Å². The molecule has 1 unspecified atom stereocenters. The van der Waals surface area contributed by atoms with Crippen LogP contribution in [0.4, 0.5) is 18.9 Å². The maximum atomic E-state index is 13.6. The van der Waals surface area contributed by atoms with Crippen molar-refractivity contribution in [2.75, 3.05) is 12.0 Å². The van der Waals surface area contributed by atoms with Gasteiger partial charge < -0.3 is 15.4 Å². The minimum Gasteiger partial charge on any atom is -0.468 e. The third kappa shape index (κ3) is 2.53. The number of para-hydroxylation sites is 1. The van der Waals surface area contributed by atoms with Crippen molar-refractivity contribution in [1.82, 2.24) is 0 Å². The summed E-state index contributed by atoms with van der Waals surface area (Å²) in [6.07, 6.45) is -3.51. The molecule has 126 valence electrons. The zero-order valence-electron chi connectivity index (χ0n) is 12.3. The van der Waals surface area contributed by atoms with Gasteiger partial charge in [-0.25, -0.2) is 0 Å². The second kappa shape index (κ2) is 6.20. The second-order valence-electron chi connectivity index (χ2n) is 4.81. The van der Waals surface area contributed by atoms with Crippen molar-refractivity contribution in [2.24, 2.45) is 11.1 Å². The van der Waals surface area contributed by atoms with E-state index in [9.17, 15) is 23.2 Å². The van der Waals surface area contributed by atoms with Gasteiger partial charge in [0.05, 0.1) is 12.8 Å². The van der Waals surface area contributed by atoms with Crippen molar-refractivity contribution in [3.05, 3.63) is 52.4 Å². The van der Waals surface area contributed by atoms with E-state index in [4.69, 9.17) is 5.73 Å². The van der Waals surface area contributed by atoms with Crippen LogP contribution in [0.15, 0.2) is 52.4 Å². The molecule has 1 aromatic carbocycles. The van der Waals surface area contributed by atoms with E-state index >= 15 is 0 Å². The van der Waals surface area contributed by atoms with Crippen molar-refractivity contribution >= 4 is 27.6 Å². The molecule has 0 radical (unpaired) electrons. The Morgan fingerprint density at radius 2 is 2.04 bits per heavy atom. The summed E-state index contributed by atoms with van der Waals surface area (Å²) in [7, 11) is 0.814. The lowest BCUT2D eigenvalue weighted by atomic mass is 9.77. The first-order valence-electron chi connectivity index (χ1n) is 6.49. The Kier molecular flexibility index (Phi) is 4.62. The van der Waals surface area contributed by atoms with Crippen LogP contribution >= 0.6 is 15.9 Å². The van der Waals surface area contributed by atoms with Crippen LogP contribution in [-0.2, 0) is 9.53 Å². The SMILES string of the molecule is COC(=O)C1(C(F)(F)F)C=CN(c2ccccc2Br)C(N)=C1C#N. The summed E-state index contributed by atoms with van der Waals surface area (Å²) < 4.78 is 45.7. The molecule has 0 bridgehead atoms. The molecule has 1 aliphatic rings. The number of nitriles is 1. The van der Waals surface area contributed by atoms with Crippen LogP contribution in [0.25, 0.3) is 0 Å². The molecule has 1 heterocycles. The van der Waals surface area contributed by atoms with Crippen LogP contribution in [0.5, 0.6) is 0 Å². The van der Waals surface area contributed by atoms with Crippen molar-refractivity contribution in [3.8, 4) is 6.07 Å². The molecular formula is C15H11BrF3N3O2. The van der Waals surface area contributed by atoms with Gasteiger partial charge in [0.25, 0.3) is 0 Å². The molecule has 0 amide bonds. The molecule has 5 nitrogen and oxygen atoms in total. The van der Waals surface area contributed by atoms with Crippen LogP contribution < -0.4 is 10.6 Å². The molecule has 24 heavy (non-hydrogen) atoms. The van der Waals surface area contributed by atoms with Crippen molar-refractivity contribution in [3.63, 3.8) is 0 Å². The first-order chi connectivity index (χ1) is 11.2. The Labute approximate surface area is 143 Å². The minimum atomic E-state index is -5.09. The Morgan fingerprint density at radius 1 is 1.42 bits per heavy atom. The highest BCUT2D eigenvalue weighted by molar-refractivity contribution is 9.10. The molecule has 1 aliphatic heterocycles. The lowest BCUT2D eigenvalue weighted by molar-refractivity contribution is -0.208. The standard InChI is InChI=1S/C15H11BrF3N3O2/c1-24-13(23)14(15(17,18)19)6-7-22(12(21)9(14)8-20)11-5-3-2-4-10(11)16/h2-7H,21H2,1H3. The zero-order valence-corrected chi connectivity index (χ0v) is 13.9. The number of ether oxygens (including phenoxy) is 1. The second-order valence-corrected chi connectivity index (χ2v) is 5.66. The Balaban J connectivity index is 2.71. The molecule has 0 saturated carbocycles. The number of nitrogens with zero attached hydrogens (tertiary/aromatic N) is 2. The fraction of sp³-hybridized carbons (Fsp3) is 0.200. The van der Waals surface area contributed by atoms with Gasteiger partial charge in [-0.2, -0.15) is 18.4 Å². The van der Waals surface area contributed by atoms with Gasteiger partial charge in [-0.1, -0.05) is 12.1 Å². The number of carbonyl (C=O) groups is 1. The number of esters is 1. The van der Waals surface area contributed by atoms with Crippen LogP contribution in [0.2, 0.25) is 0 Å². The first-order valence-corrected chi connectivity index (χ1v) is 7.28. The largest absolute Gasteiger partial charge is 0.468 e. The fourth-order valence-corrected chi connectivity index (χ4v) is 2.83. The van der Waals surface area contributed by atoms with Gasteiger partial charge in [0.1, 0.15) is 17.5 Å². The van der Waals surface area contributed by atoms with Gasteiger partial charge in [-0.15, -0.1) is 0 Å². The number of hydrogen-bond acceptors (Lipinski definition) is 5. The highest BCUT2D eigenvalue weighted by atomic mass is 79.9. The summed E-state index contributed by atoms with van der Waals surface area (Å²) in [5.41, 5.74) is 2.04. The molecule has 0 aliphatic carbocycles. The van der Waals surface area contributed by atoms with E-state index in [0.29, 0.717) is 16.2 Å². The Bertz CT molecular complexity index is 783. The lowest BCUT2D eigenvalue weighted by Gasteiger charge is -2.36. The minimum absolute atomic E-state index is 0.416. The van der Waals surface area contributed by atoms with E-state index in [0.717, 1.165) is 13.3 Å². The smallest absolute Gasteiger partial charge is 0.413 e. The van der Waals surface area contributed by atoms with Gasteiger partial charge in [0.15, 0.2) is 0 Å². The number of nitrogens with two attached hydrogens (primary N) is 1. The number of halogens is 4. The molecule has 9 heteroatoms. The van der Waals surface area contributed by atoms with E-state index < -0.39 is 29.0 Å². The summed E-state index contributed by atoms with van der Waals surface area (Å²) >= 11 is 3.26. The topological polar surface area (TPSA) is 79.3 Å². The maximum Gasteiger partial charge on any atom is 0.413 e. The van der Waals surface area contributed by atoms with E-state index in [-0.39, 0.29) is 0 Å². The van der Waals surface area contributed by atoms with E-state index in [1.165, 1.54) is 11.0 Å². The Hall–Kier alpha value is -2.47. The molecule has 0 fully saturated rings. The highest BCUT2D eigenvalue weighted by Gasteiger charge is 2.64. The Morgan fingerprint density at radius 3 is 2.54 bits per heavy atom. The molecule has 0 saturated heterocycles. The van der Waals surface area contributed by atoms with Crippen LogP contribution in [0.1, 0.15) is 0 Å². The quantitative estimate of drug-likeness (QED) is 0.769. The van der Waals surface area contributed by atoms with Gasteiger partial charge >= 0.3 is 12.1 Å². The van der Waals surface area contributed by atoms with Gasteiger partial charge in [0, 0.05) is 10.7 Å². The van der Waals surface area contributed by atoms with Crippen LogP contribution in [-0.4, -0.2) is 19.3 Å². The van der Waals surface area contributed by atoms with Gasteiger partial charge in [0.2, 0.25) is 5.41 Å². The number of methoxy groups -OCH3 is 1. The number of hydrogen-bond donors (Lipinski definition) is 1. The maximum absolute atomic E-state index is 13.6. The average Bonchev–Trinajstić information content (AvgIpc) is 2.53. The monoisotopic (exact) mass is 401 g/mol. The third-order valence-corrected chi connectivity index (χ3v) is 4.23. The van der Waals surface area contributed by atoms with Crippen molar-refractivity contribution in [1.29, 1.82) is 5.26 Å². The molecule has 0 spiro atoms. The molecule has 2 N–H and O–H groups in total. The molecule has 1 atom stereocenters. The van der Waals surface area contributed by atoms with Crippen molar-refractivity contribution in [2.45, 2.75) is 6.18 Å². The summed E-state index contributed by atoms with van der Waals surface area (Å²) in [5.74, 6) is -2.13. The molecule has 0 aromatic heterocycles. The molecule has 1 aromatic rings. The number of carbonyl (C=O) groups excluding carboxylic acids is 1. The van der Waals surface area contributed by atoms with Gasteiger partial charge in [-0.05, 0) is 34.1 Å². The molecule has 2 rings (SSSR count). The summed E-state index contributed by atoms with van der Waals surface area (Å²) in [6.45, 7) is 0. The summed E-state index contributed by atoms with van der Waals surface area (Å²) in [6, 6.07) is 8.03. The fourth-order valence-electron chi connectivity index (χ4n) is 2.36. The third-order valence-electron chi connectivity index (χ3n) is 3.56. The normalized spacial score (nSPS) is 20.8. The number of anilines is 1. The van der Waals surface area contributed by atoms with E-state index in [1.54, 1.807) is 24.3 Å². The number of benzene rings is 1. The average molecular weight is 402 g/mol. The van der Waals surface area contributed by atoms with Crippen molar-refractivity contribution < 1.29 is 22.7 Å². The first kappa shape index (κ1) is 17.9. The van der Waals surface area contributed by atoms with E-state index in [2.05, 4.69) is 20.7 Å². The predicted octanol–water partition coefficient (Wildman–Crippen LogP) is 3.20. The summed E-state index contributed by atoms with van der Waals surface area (Å²) in [5, 5.41) is 9.27. The predicted molar refractivity (Wildman–Crippen MR) is 83.1 cm³/mol. The highest BCUT2D eigenvalue weighted by Crippen LogP contribution is 2.49. The number of rotatable bonds is 2. The number of alkyl halides is 3. The van der Waals surface area contributed by atoms with Gasteiger partial charge in [-0.3, -0.25) is 4.79 Å². The van der Waals surface area contributed by atoms with Crippen LogP contribution in [0, 0.1) is 16.7 Å². The molecular weight excluding hydrogens is 391 g/mol. The van der Waals surface area contributed by atoms with Crippen LogP contribution in [0.3, 0.4) is 0 Å².